The van der Waals surface area contributed by atoms with Crippen molar-refractivity contribution in [1.29, 1.82) is 5.26 Å². The minimum Gasteiger partial charge on any atom is -0.265 e. The average molecular weight is 238 g/mol. The third-order valence-corrected chi connectivity index (χ3v) is 2.06. The number of aromatic amines is 1. The van der Waals surface area contributed by atoms with Gasteiger partial charge in [0.25, 0.3) is 0 Å². The molecule has 7 heteroatoms. The van der Waals surface area contributed by atoms with E-state index < -0.39 is 11.7 Å². The molecule has 1 aromatic heterocycles. The van der Waals surface area contributed by atoms with E-state index in [-0.39, 0.29) is 17.0 Å². The highest BCUT2D eigenvalue weighted by atomic mass is 19.4. The molecule has 0 aliphatic rings. The van der Waals surface area contributed by atoms with Crippen LogP contribution in [0.1, 0.15) is 11.1 Å². The van der Waals surface area contributed by atoms with E-state index in [1.807, 2.05) is 0 Å². The topological polar surface area (TPSA) is 65.4 Å². The summed E-state index contributed by atoms with van der Waals surface area (Å²) in [4.78, 5) is 3.74. The maximum Gasteiger partial charge on any atom is 0.416 e. The monoisotopic (exact) mass is 238 g/mol. The maximum absolute atomic E-state index is 12.6. The largest absolute Gasteiger partial charge is 0.416 e. The van der Waals surface area contributed by atoms with Crippen molar-refractivity contribution in [2.75, 3.05) is 0 Å². The Morgan fingerprint density at radius 1 is 1.24 bits per heavy atom. The van der Waals surface area contributed by atoms with Gasteiger partial charge >= 0.3 is 6.18 Å². The molecule has 0 spiro atoms. The highest BCUT2D eigenvalue weighted by Gasteiger charge is 2.31. The molecule has 0 unspecified atom stereocenters. The molecule has 0 radical (unpaired) electrons. The van der Waals surface area contributed by atoms with Crippen molar-refractivity contribution in [3.8, 4) is 17.5 Å². The van der Waals surface area contributed by atoms with Gasteiger partial charge in [-0.15, -0.1) is 0 Å². The van der Waals surface area contributed by atoms with E-state index in [9.17, 15) is 13.2 Å². The SMILES string of the molecule is N#Cc1cc(-c2nc[nH]n2)cc(C(F)(F)F)c1. The molecule has 86 valence electrons. The van der Waals surface area contributed by atoms with E-state index in [1.165, 1.54) is 12.4 Å². The van der Waals surface area contributed by atoms with Crippen molar-refractivity contribution in [3.05, 3.63) is 35.7 Å². The van der Waals surface area contributed by atoms with Gasteiger partial charge in [0.1, 0.15) is 6.33 Å². The van der Waals surface area contributed by atoms with Crippen molar-refractivity contribution in [1.82, 2.24) is 15.2 Å². The van der Waals surface area contributed by atoms with Crippen LogP contribution in [0.3, 0.4) is 0 Å². The summed E-state index contributed by atoms with van der Waals surface area (Å²) < 4.78 is 37.7. The van der Waals surface area contributed by atoms with Crippen LogP contribution in [0.2, 0.25) is 0 Å². The Balaban J connectivity index is 2.59. The van der Waals surface area contributed by atoms with Gasteiger partial charge in [0.05, 0.1) is 17.2 Å². The number of benzene rings is 1. The second-order valence-corrected chi connectivity index (χ2v) is 3.23. The van der Waals surface area contributed by atoms with E-state index in [1.54, 1.807) is 6.07 Å². The maximum atomic E-state index is 12.6. The van der Waals surface area contributed by atoms with Gasteiger partial charge in [-0.1, -0.05) is 0 Å². The molecule has 0 aliphatic heterocycles. The van der Waals surface area contributed by atoms with Crippen LogP contribution in [-0.4, -0.2) is 15.2 Å². The van der Waals surface area contributed by atoms with Crippen LogP contribution in [0.25, 0.3) is 11.4 Å². The van der Waals surface area contributed by atoms with Crippen LogP contribution in [0.5, 0.6) is 0 Å². The molecule has 1 heterocycles. The van der Waals surface area contributed by atoms with Crippen LogP contribution in [0, 0.1) is 11.3 Å². The molecule has 2 rings (SSSR count). The minimum absolute atomic E-state index is 0.0837. The average Bonchev–Trinajstić information content (AvgIpc) is 2.80. The lowest BCUT2D eigenvalue weighted by atomic mass is 10.1. The number of aromatic nitrogens is 3. The van der Waals surface area contributed by atoms with E-state index in [0.717, 1.165) is 12.1 Å². The van der Waals surface area contributed by atoms with Crippen LogP contribution in [-0.2, 0) is 6.18 Å². The zero-order valence-corrected chi connectivity index (χ0v) is 8.28. The second kappa shape index (κ2) is 3.90. The lowest BCUT2D eigenvalue weighted by Crippen LogP contribution is -2.05. The molecule has 17 heavy (non-hydrogen) atoms. The van der Waals surface area contributed by atoms with E-state index in [0.29, 0.717) is 0 Å². The van der Waals surface area contributed by atoms with Gasteiger partial charge in [-0.25, -0.2) is 4.98 Å². The van der Waals surface area contributed by atoms with Gasteiger partial charge in [0, 0.05) is 5.56 Å². The number of rotatable bonds is 1. The number of nitrogens with one attached hydrogen (secondary N) is 1. The zero-order chi connectivity index (χ0) is 12.5. The van der Waals surface area contributed by atoms with Crippen molar-refractivity contribution in [3.63, 3.8) is 0 Å². The minimum atomic E-state index is -4.50. The Morgan fingerprint density at radius 3 is 2.53 bits per heavy atom. The van der Waals surface area contributed by atoms with Crippen LogP contribution in [0.15, 0.2) is 24.5 Å². The fourth-order valence-corrected chi connectivity index (χ4v) is 1.33. The lowest BCUT2D eigenvalue weighted by molar-refractivity contribution is -0.137. The fourth-order valence-electron chi connectivity index (χ4n) is 1.33. The van der Waals surface area contributed by atoms with Crippen LogP contribution in [0.4, 0.5) is 13.2 Å². The zero-order valence-electron chi connectivity index (χ0n) is 8.28. The Hall–Kier alpha value is -2.36. The summed E-state index contributed by atoms with van der Waals surface area (Å²) in [6.07, 6.45) is -3.25. The first-order valence-corrected chi connectivity index (χ1v) is 4.49. The number of halogens is 3. The first kappa shape index (κ1) is 11.1. The highest BCUT2D eigenvalue weighted by molar-refractivity contribution is 5.59. The van der Waals surface area contributed by atoms with Gasteiger partial charge in [-0.3, -0.25) is 5.10 Å². The summed E-state index contributed by atoms with van der Waals surface area (Å²) in [7, 11) is 0. The van der Waals surface area contributed by atoms with Crippen LogP contribution < -0.4 is 0 Å². The molecular formula is C10H5F3N4. The predicted octanol–water partition coefficient (Wildman–Crippen LogP) is 2.36. The summed E-state index contributed by atoms with van der Waals surface area (Å²) >= 11 is 0. The normalized spacial score (nSPS) is 11.2. The predicted molar refractivity (Wildman–Crippen MR) is 51.5 cm³/mol. The number of hydrogen-bond acceptors (Lipinski definition) is 3. The van der Waals surface area contributed by atoms with Gasteiger partial charge in [0.15, 0.2) is 5.82 Å². The Bertz CT molecular complexity index is 566. The molecule has 0 aliphatic carbocycles. The van der Waals surface area contributed by atoms with E-state index >= 15 is 0 Å². The Labute approximate surface area is 93.7 Å². The molecule has 2 aromatic rings. The standard InChI is InChI=1S/C10H5F3N4/c11-10(12,13)8-2-6(4-14)1-7(3-8)9-15-5-16-17-9/h1-3,5H,(H,15,16,17). The molecule has 1 aromatic carbocycles. The van der Waals surface area contributed by atoms with Crippen molar-refractivity contribution in [2.45, 2.75) is 6.18 Å². The van der Waals surface area contributed by atoms with Crippen molar-refractivity contribution < 1.29 is 13.2 Å². The quantitative estimate of drug-likeness (QED) is 0.829. The van der Waals surface area contributed by atoms with Crippen molar-refractivity contribution >= 4 is 0 Å². The molecule has 0 bridgehead atoms. The first-order chi connectivity index (χ1) is 8.00. The number of alkyl halides is 3. The third kappa shape index (κ3) is 2.25. The van der Waals surface area contributed by atoms with Crippen molar-refractivity contribution in [2.24, 2.45) is 0 Å². The number of nitrogens with zero attached hydrogens (tertiary/aromatic N) is 3. The molecule has 1 N–H and O–H groups in total. The second-order valence-electron chi connectivity index (χ2n) is 3.23. The highest BCUT2D eigenvalue weighted by Crippen LogP contribution is 2.32. The van der Waals surface area contributed by atoms with Gasteiger partial charge < -0.3 is 0 Å². The Morgan fingerprint density at radius 2 is 2.00 bits per heavy atom. The summed E-state index contributed by atoms with van der Waals surface area (Å²) in [5.74, 6) is 0.118. The summed E-state index contributed by atoms with van der Waals surface area (Å²) in [6.45, 7) is 0. The molecular weight excluding hydrogens is 233 g/mol. The summed E-state index contributed by atoms with van der Waals surface area (Å²) in [5.41, 5.74) is -0.825. The Kier molecular flexibility index (Phi) is 2.55. The molecule has 0 saturated heterocycles. The van der Waals surface area contributed by atoms with E-state index in [2.05, 4.69) is 15.2 Å². The molecule has 0 saturated carbocycles. The van der Waals surface area contributed by atoms with Crippen LogP contribution >= 0.6 is 0 Å². The summed E-state index contributed by atoms with van der Waals surface area (Å²) in [5, 5.41) is 14.8. The molecule has 4 nitrogen and oxygen atoms in total. The fraction of sp³-hybridized carbons (Fsp3) is 0.100. The number of hydrogen-bond donors (Lipinski definition) is 1. The van der Waals surface area contributed by atoms with Gasteiger partial charge in [0.2, 0.25) is 0 Å². The smallest absolute Gasteiger partial charge is 0.265 e. The number of nitriles is 1. The van der Waals surface area contributed by atoms with E-state index in [4.69, 9.17) is 5.26 Å². The number of H-pyrrole nitrogens is 1. The van der Waals surface area contributed by atoms with Gasteiger partial charge in [-0.2, -0.15) is 23.5 Å². The lowest BCUT2D eigenvalue weighted by Gasteiger charge is -2.08. The first-order valence-electron chi connectivity index (χ1n) is 4.49. The van der Waals surface area contributed by atoms with Gasteiger partial charge in [-0.05, 0) is 18.2 Å². The summed E-state index contributed by atoms with van der Waals surface area (Å²) in [6, 6.07) is 4.67. The third-order valence-electron chi connectivity index (χ3n) is 2.06. The molecule has 0 atom stereocenters. The molecule has 0 fully saturated rings. The molecule has 0 amide bonds.